The topological polar surface area (TPSA) is 141 Å². The fourth-order valence-corrected chi connectivity index (χ4v) is 5.35. The van der Waals surface area contributed by atoms with Crippen molar-refractivity contribution >= 4 is 23.7 Å². The van der Waals surface area contributed by atoms with Crippen LogP contribution in [0.3, 0.4) is 0 Å². The molecule has 1 unspecified atom stereocenters. The van der Waals surface area contributed by atoms with Crippen molar-refractivity contribution in [3.05, 3.63) is 29.3 Å². The number of hydrogen-bond acceptors (Lipinski definition) is 6. The molecule has 1 saturated heterocycles. The summed E-state index contributed by atoms with van der Waals surface area (Å²) in [5.41, 5.74) is -0.978. The van der Waals surface area contributed by atoms with Gasteiger partial charge >= 0.3 is 12.1 Å². The number of amides is 2. The molecule has 0 bridgehead atoms. The summed E-state index contributed by atoms with van der Waals surface area (Å²) in [7, 11) is 1.57. The van der Waals surface area contributed by atoms with Gasteiger partial charge in [0.2, 0.25) is 11.8 Å². The largest absolute Gasteiger partial charge is 0.490 e. The molecule has 1 aromatic carbocycles. The highest BCUT2D eigenvalue weighted by Crippen LogP contribution is 2.47. The molecular formula is C27H35F5N4O6. The summed E-state index contributed by atoms with van der Waals surface area (Å²) in [5.74, 6) is -5.21. The smallest absolute Gasteiger partial charge is 0.484 e. The van der Waals surface area contributed by atoms with Crippen molar-refractivity contribution in [3.63, 3.8) is 0 Å². The van der Waals surface area contributed by atoms with Crippen molar-refractivity contribution in [1.82, 2.24) is 15.5 Å². The maximum absolute atomic E-state index is 14.4. The highest BCUT2D eigenvalue weighted by atomic mass is 19.4. The van der Waals surface area contributed by atoms with Gasteiger partial charge in [-0.25, -0.2) is 13.6 Å². The van der Waals surface area contributed by atoms with Crippen LogP contribution in [-0.2, 0) is 19.1 Å². The van der Waals surface area contributed by atoms with E-state index in [1.807, 2.05) is 13.8 Å². The quantitative estimate of drug-likeness (QED) is 0.345. The van der Waals surface area contributed by atoms with Crippen LogP contribution in [0.15, 0.2) is 12.1 Å². The molecule has 4 rings (SSSR count). The first-order chi connectivity index (χ1) is 19.3. The third-order valence-corrected chi connectivity index (χ3v) is 7.23. The highest BCUT2D eigenvalue weighted by Gasteiger charge is 2.53. The molecule has 2 fully saturated rings. The number of carbonyl (C=O) groups is 3. The number of hydrogen-bond donors (Lipinski definition) is 4. The van der Waals surface area contributed by atoms with Crippen LogP contribution in [0.2, 0.25) is 0 Å². The SMILES string of the molecule is COCC[C@H]([C@@H]1C[C@H]1C(=O)NC1CC(C)(C)Oc2c(F)cc(F)cc21)N1C(=N)NC(C)(C)CC1=O.O=C(O)C(F)(F)F. The van der Waals surface area contributed by atoms with Crippen molar-refractivity contribution < 1.29 is 50.9 Å². The second-order valence-electron chi connectivity index (χ2n) is 11.9. The normalized spacial score (nSPS) is 24.7. The Morgan fingerprint density at radius 3 is 2.43 bits per heavy atom. The van der Waals surface area contributed by atoms with Crippen LogP contribution in [0, 0.1) is 28.9 Å². The van der Waals surface area contributed by atoms with Crippen LogP contribution in [0.25, 0.3) is 0 Å². The Morgan fingerprint density at radius 1 is 1.26 bits per heavy atom. The lowest BCUT2D eigenvalue weighted by molar-refractivity contribution is -0.192. The molecule has 1 aliphatic carbocycles. The van der Waals surface area contributed by atoms with Crippen LogP contribution in [0.1, 0.15) is 65.0 Å². The first-order valence-corrected chi connectivity index (χ1v) is 13.2. The van der Waals surface area contributed by atoms with E-state index in [-0.39, 0.29) is 53.4 Å². The lowest BCUT2D eigenvalue weighted by atomic mass is 9.89. The highest BCUT2D eigenvalue weighted by molar-refractivity contribution is 5.99. The van der Waals surface area contributed by atoms with Crippen LogP contribution < -0.4 is 15.4 Å². The van der Waals surface area contributed by atoms with Crippen LogP contribution in [0.5, 0.6) is 5.75 Å². The summed E-state index contributed by atoms with van der Waals surface area (Å²) in [6, 6.07) is 1.01. The maximum Gasteiger partial charge on any atom is 0.490 e. The average Bonchev–Trinajstić information content (AvgIpc) is 3.61. The Balaban J connectivity index is 0.000000616. The van der Waals surface area contributed by atoms with E-state index in [0.29, 0.717) is 25.9 Å². The number of carboxylic acid groups (broad SMARTS) is 1. The van der Waals surface area contributed by atoms with Gasteiger partial charge in [0, 0.05) is 55.7 Å². The second kappa shape index (κ2) is 12.0. The molecule has 4 atom stereocenters. The molecule has 4 N–H and O–H groups in total. The van der Waals surface area contributed by atoms with E-state index in [4.69, 9.17) is 24.8 Å². The maximum atomic E-state index is 14.4. The molecule has 0 aromatic heterocycles. The Kier molecular flexibility index (Phi) is 9.45. The Morgan fingerprint density at radius 2 is 1.88 bits per heavy atom. The lowest BCUT2D eigenvalue weighted by Crippen LogP contribution is -2.63. The van der Waals surface area contributed by atoms with Crippen molar-refractivity contribution in [2.75, 3.05) is 13.7 Å². The number of aliphatic carboxylic acids is 1. The molecular weight excluding hydrogens is 571 g/mol. The number of carboxylic acids is 1. The van der Waals surface area contributed by atoms with Gasteiger partial charge in [0.1, 0.15) is 11.4 Å². The molecule has 10 nitrogen and oxygen atoms in total. The van der Waals surface area contributed by atoms with Gasteiger partial charge in [0.25, 0.3) is 0 Å². The number of nitrogens with zero attached hydrogens (tertiary/aromatic N) is 1. The van der Waals surface area contributed by atoms with Crippen molar-refractivity contribution in [3.8, 4) is 5.75 Å². The number of ether oxygens (including phenoxy) is 2. The van der Waals surface area contributed by atoms with E-state index in [9.17, 15) is 31.5 Å². The molecule has 1 saturated carbocycles. The lowest BCUT2D eigenvalue weighted by Gasteiger charge is -2.42. The number of carbonyl (C=O) groups excluding carboxylic acids is 2. The van der Waals surface area contributed by atoms with E-state index in [0.717, 1.165) is 6.07 Å². The summed E-state index contributed by atoms with van der Waals surface area (Å²) < 4.78 is 71.1. The summed E-state index contributed by atoms with van der Waals surface area (Å²) in [6.45, 7) is 7.71. The van der Waals surface area contributed by atoms with E-state index in [2.05, 4.69) is 10.6 Å². The third-order valence-electron chi connectivity index (χ3n) is 7.23. The summed E-state index contributed by atoms with van der Waals surface area (Å²) in [4.78, 5) is 36.6. The number of halogens is 5. The molecule has 15 heteroatoms. The predicted octanol–water partition coefficient (Wildman–Crippen LogP) is 3.89. The van der Waals surface area contributed by atoms with Gasteiger partial charge in [-0.3, -0.25) is 19.9 Å². The van der Waals surface area contributed by atoms with Crippen LogP contribution >= 0.6 is 0 Å². The fourth-order valence-electron chi connectivity index (χ4n) is 5.35. The predicted molar refractivity (Wildman–Crippen MR) is 139 cm³/mol. The minimum Gasteiger partial charge on any atom is -0.484 e. The monoisotopic (exact) mass is 606 g/mol. The first-order valence-electron chi connectivity index (χ1n) is 13.2. The molecule has 0 radical (unpaired) electrons. The van der Waals surface area contributed by atoms with Gasteiger partial charge < -0.3 is 25.2 Å². The number of rotatable bonds is 7. The molecule has 2 aliphatic heterocycles. The van der Waals surface area contributed by atoms with E-state index in [1.165, 1.54) is 11.0 Å². The van der Waals surface area contributed by atoms with Gasteiger partial charge in [-0.1, -0.05) is 0 Å². The van der Waals surface area contributed by atoms with Gasteiger partial charge in [-0.15, -0.1) is 0 Å². The van der Waals surface area contributed by atoms with Crippen molar-refractivity contribution in [2.45, 2.75) is 82.8 Å². The number of benzene rings is 1. The van der Waals surface area contributed by atoms with Gasteiger partial charge in [0.05, 0.1) is 6.04 Å². The van der Waals surface area contributed by atoms with E-state index < -0.39 is 41.0 Å². The number of fused-ring (bicyclic) bond motifs is 1. The third kappa shape index (κ3) is 7.86. The summed E-state index contributed by atoms with van der Waals surface area (Å²) in [6.07, 6.45) is -3.44. The number of alkyl halides is 3. The molecule has 1 aromatic rings. The van der Waals surface area contributed by atoms with Gasteiger partial charge in [-0.2, -0.15) is 13.2 Å². The van der Waals surface area contributed by atoms with Crippen molar-refractivity contribution in [1.29, 1.82) is 5.41 Å². The zero-order chi connectivity index (χ0) is 31.8. The van der Waals surface area contributed by atoms with Crippen molar-refractivity contribution in [2.24, 2.45) is 11.8 Å². The van der Waals surface area contributed by atoms with Gasteiger partial charge in [0.15, 0.2) is 17.5 Å². The number of guanidine groups is 1. The Hall–Kier alpha value is -3.49. The standard InChI is InChI=1S/C25H34F2N4O4.C2HF3O2/c1-24(2)12-20(32)31(23(28)30-24)19(6-7-34-5)14-10-15(14)22(33)29-18-11-25(3,4)35-21-16(18)8-13(26)9-17(21)27;3-2(4,5)1(6)7/h8-9,14-15,18-19H,6-7,10-12H2,1-5H3,(H2,28,30)(H,29,33);(H,6,7)/t14-,15-,18?,19-;/m1./s1. The summed E-state index contributed by atoms with van der Waals surface area (Å²) >= 11 is 0. The summed E-state index contributed by atoms with van der Waals surface area (Å²) in [5, 5.41) is 21.6. The first kappa shape index (κ1) is 33.0. The minimum atomic E-state index is -5.08. The zero-order valence-corrected chi connectivity index (χ0v) is 23.8. The Bertz CT molecular complexity index is 1220. The molecule has 3 aliphatic rings. The van der Waals surface area contributed by atoms with Gasteiger partial charge in [-0.05, 0) is 52.5 Å². The molecule has 234 valence electrons. The fraction of sp³-hybridized carbons (Fsp3) is 0.630. The zero-order valence-electron chi connectivity index (χ0n) is 23.8. The van der Waals surface area contributed by atoms with Crippen LogP contribution in [-0.4, -0.2) is 70.8 Å². The van der Waals surface area contributed by atoms with Crippen LogP contribution in [0.4, 0.5) is 22.0 Å². The number of methoxy groups -OCH3 is 1. The second-order valence-corrected chi connectivity index (χ2v) is 11.9. The minimum absolute atomic E-state index is 0.0319. The molecule has 2 heterocycles. The molecule has 42 heavy (non-hydrogen) atoms. The van der Waals surface area contributed by atoms with E-state index in [1.54, 1.807) is 21.0 Å². The molecule has 0 spiro atoms. The Labute approximate surface area is 239 Å². The molecule has 2 amide bonds. The van der Waals surface area contributed by atoms with E-state index >= 15 is 0 Å². The average molecular weight is 607 g/mol. The number of nitrogens with one attached hydrogen (secondary N) is 3.